The minimum absolute atomic E-state index is 0.0558. The summed E-state index contributed by atoms with van der Waals surface area (Å²) in [5.74, 6) is 0.0558. The predicted molar refractivity (Wildman–Crippen MR) is 131 cm³/mol. The van der Waals surface area contributed by atoms with Crippen molar-refractivity contribution in [1.29, 1.82) is 0 Å². The van der Waals surface area contributed by atoms with Gasteiger partial charge in [0.25, 0.3) is 0 Å². The summed E-state index contributed by atoms with van der Waals surface area (Å²) in [6.07, 6.45) is -1.50. The van der Waals surface area contributed by atoms with Crippen LogP contribution in [-0.4, -0.2) is 37.4 Å². The fourth-order valence-corrected chi connectivity index (χ4v) is 5.03. The van der Waals surface area contributed by atoms with E-state index in [1.165, 1.54) is 0 Å². The summed E-state index contributed by atoms with van der Waals surface area (Å²) in [5, 5.41) is 8.16. The average Bonchev–Trinajstić information content (AvgIpc) is 3.50. The van der Waals surface area contributed by atoms with E-state index in [0.717, 1.165) is 27.6 Å². The van der Waals surface area contributed by atoms with Gasteiger partial charge in [0.1, 0.15) is 5.69 Å². The molecule has 0 saturated heterocycles. The highest BCUT2D eigenvalue weighted by atomic mass is 31.2. The maximum Gasteiger partial charge on any atom is 0.469 e. The van der Waals surface area contributed by atoms with Crippen molar-refractivity contribution in [2.24, 2.45) is 5.73 Å². The van der Waals surface area contributed by atoms with Crippen LogP contribution in [0, 0.1) is 0 Å². The molecule has 2 heterocycles. The van der Waals surface area contributed by atoms with Gasteiger partial charge >= 0.3 is 14.0 Å². The van der Waals surface area contributed by atoms with Gasteiger partial charge in [0.2, 0.25) is 0 Å². The molecule has 2 aromatic heterocycles. The molecule has 1 aliphatic rings. The standard InChI is InChI=1S/C25H24F3N4O5P/c26-25(27,28)24-21(13-30-32(24)18-4-2-1-3-5-18)23-20-11-8-16-12-15(7-10-19(16)22(20)31-37-23)6-9-17(29)14-36-38(33,34)35/h1-5,7,10,12-13,17H,6,8-9,11,14,29H2,(H2,33,34,35). The maximum atomic E-state index is 14.2. The summed E-state index contributed by atoms with van der Waals surface area (Å²) >= 11 is 0. The number of halogens is 3. The summed E-state index contributed by atoms with van der Waals surface area (Å²) in [6, 6.07) is 13.2. The first-order valence-electron chi connectivity index (χ1n) is 11.8. The first-order chi connectivity index (χ1) is 18.0. The highest BCUT2D eigenvalue weighted by Crippen LogP contribution is 2.44. The van der Waals surface area contributed by atoms with Crippen molar-refractivity contribution in [3.63, 3.8) is 0 Å². The molecule has 4 aromatic rings. The minimum atomic E-state index is -4.68. The summed E-state index contributed by atoms with van der Waals surface area (Å²) in [4.78, 5) is 17.6. The molecule has 4 N–H and O–H groups in total. The Balaban J connectivity index is 1.41. The number of hydrogen-bond donors (Lipinski definition) is 3. The number of rotatable bonds is 8. The summed E-state index contributed by atoms with van der Waals surface area (Å²) in [5.41, 5.74) is 8.90. The van der Waals surface area contributed by atoms with Crippen molar-refractivity contribution in [3.05, 3.63) is 77.1 Å². The molecule has 200 valence electrons. The van der Waals surface area contributed by atoms with Gasteiger partial charge < -0.3 is 20.0 Å². The van der Waals surface area contributed by atoms with Gasteiger partial charge in [-0.1, -0.05) is 41.6 Å². The third-order valence-corrected chi connectivity index (χ3v) is 6.89. The molecule has 0 radical (unpaired) electrons. The van der Waals surface area contributed by atoms with Gasteiger partial charge in [-0.3, -0.25) is 4.52 Å². The van der Waals surface area contributed by atoms with Crippen LogP contribution in [0.1, 0.15) is 28.8 Å². The number of phosphoric ester groups is 1. The van der Waals surface area contributed by atoms with Crippen LogP contribution in [0.2, 0.25) is 0 Å². The number of nitrogens with two attached hydrogens (primary N) is 1. The van der Waals surface area contributed by atoms with Gasteiger partial charge in [0.05, 0.1) is 24.1 Å². The zero-order chi connectivity index (χ0) is 27.1. The van der Waals surface area contributed by atoms with Crippen LogP contribution in [0.15, 0.2) is 59.3 Å². The lowest BCUT2D eigenvalue weighted by Gasteiger charge is -2.18. The summed E-state index contributed by atoms with van der Waals surface area (Å²) in [7, 11) is -4.57. The normalized spacial score (nSPS) is 14.3. The third-order valence-electron chi connectivity index (χ3n) is 6.40. The minimum Gasteiger partial charge on any atom is -0.355 e. The first-order valence-corrected chi connectivity index (χ1v) is 13.3. The van der Waals surface area contributed by atoms with Gasteiger partial charge in [-0.25, -0.2) is 9.25 Å². The Morgan fingerprint density at radius 1 is 1.13 bits per heavy atom. The molecule has 2 aromatic carbocycles. The van der Waals surface area contributed by atoms with Crippen LogP contribution >= 0.6 is 7.82 Å². The Bertz CT molecular complexity index is 1500. The molecular weight excluding hydrogens is 524 g/mol. The van der Waals surface area contributed by atoms with E-state index in [0.29, 0.717) is 36.9 Å². The second-order valence-electron chi connectivity index (χ2n) is 9.07. The maximum absolute atomic E-state index is 14.2. The Morgan fingerprint density at radius 3 is 2.61 bits per heavy atom. The molecule has 0 fully saturated rings. The fraction of sp³-hybridized carbons (Fsp3) is 0.280. The highest BCUT2D eigenvalue weighted by Gasteiger charge is 2.41. The van der Waals surface area contributed by atoms with Crippen LogP contribution in [0.3, 0.4) is 0 Å². The van der Waals surface area contributed by atoms with Gasteiger partial charge in [0.15, 0.2) is 11.5 Å². The lowest BCUT2D eigenvalue weighted by molar-refractivity contribution is -0.142. The van der Waals surface area contributed by atoms with Crippen LogP contribution in [0.5, 0.6) is 0 Å². The number of para-hydroxylation sites is 1. The smallest absolute Gasteiger partial charge is 0.355 e. The molecule has 1 unspecified atom stereocenters. The van der Waals surface area contributed by atoms with E-state index in [-0.39, 0.29) is 23.6 Å². The molecule has 0 bridgehead atoms. The van der Waals surface area contributed by atoms with Crippen molar-refractivity contribution >= 4 is 7.82 Å². The number of nitrogens with zero attached hydrogens (tertiary/aromatic N) is 3. The predicted octanol–water partition coefficient (Wildman–Crippen LogP) is 4.68. The molecule has 0 amide bonds. The fourth-order valence-electron chi connectivity index (χ4n) is 4.65. The van der Waals surface area contributed by atoms with E-state index < -0.39 is 25.7 Å². The molecule has 0 saturated carbocycles. The van der Waals surface area contributed by atoms with Crippen LogP contribution in [0.25, 0.3) is 28.3 Å². The number of hydrogen-bond acceptors (Lipinski definition) is 6. The lowest BCUT2D eigenvalue weighted by atomic mass is 9.86. The van der Waals surface area contributed by atoms with E-state index in [1.54, 1.807) is 30.3 Å². The molecule has 38 heavy (non-hydrogen) atoms. The van der Waals surface area contributed by atoms with Gasteiger partial charge in [-0.15, -0.1) is 0 Å². The number of benzene rings is 2. The SMILES string of the molecule is NC(CCc1ccc2c(c1)CCc1c-2noc1-c1cnn(-c2ccccc2)c1C(F)(F)F)COP(=O)(O)O. The van der Waals surface area contributed by atoms with Crippen molar-refractivity contribution in [2.45, 2.75) is 37.9 Å². The number of aromatic nitrogens is 3. The molecule has 9 nitrogen and oxygen atoms in total. The van der Waals surface area contributed by atoms with E-state index in [9.17, 15) is 17.7 Å². The van der Waals surface area contributed by atoms with Crippen LogP contribution in [0.4, 0.5) is 13.2 Å². The van der Waals surface area contributed by atoms with E-state index in [4.69, 9.17) is 20.0 Å². The Hall–Kier alpha value is -3.28. The molecule has 0 spiro atoms. The monoisotopic (exact) mass is 548 g/mol. The van der Waals surface area contributed by atoms with Crippen LogP contribution in [-0.2, 0) is 34.5 Å². The quantitative estimate of drug-likeness (QED) is 0.270. The topological polar surface area (TPSA) is 137 Å². The van der Waals surface area contributed by atoms with E-state index in [1.807, 2.05) is 18.2 Å². The largest absolute Gasteiger partial charge is 0.469 e. The number of alkyl halides is 3. The Labute approximate surface area is 215 Å². The van der Waals surface area contributed by atoms with Crippen molar-refractivity contribution < 1.29 is 36.6 Å². The zero-order valence-corrected chi connectivity index (χ0v) is 20.8. The van der Waals surface area contributed by atoms with Gasteiger partial charge in [-0.2, -0.15) is 18.3 Å². The number of phosphoric acid groups is 1. The average molecular weight is 548 g/mol. The second kappa shape index (κ2) is 10.1. The van der Waals surface area contributed by atoms with Crippen molar-refractivity contribution in [1.82, 2.24) is 14.9 Å². The zero-order valence-electron chi connectivity index (χ0n) is 19.9. The third kappa shape index (κ3) is 5.45. The number of fused-ring (bicyclic) bond motifs is 3. The van der Waals surface area contributed by atoms with Crippen LogP contribution < -0.4 is 5.73 Å². The van der Waals surface area contributed by atoms with Crippen molar-refractivity contribution in [2.75, 3.05) is 6.61 Å². The molecule has 1 atom stereocenters. The van der Waals surface area contributed by atoms with Gasteiger partial charge in [-0.05, 0) is 48.9 Å². The molecule has 0 aliphatic heterocycles. The van der Waals surface area contributed by atoms with Gasteiger partial charge in [0, 0.05) is 17.2 Å². The molecule has 13 heteroatoms. The lowest BCUT2D eigenvalue weighted by Crippen LogP contribution is -2.26. The summed E-state index contributed by atoms with van der Waals surface area (Å²) in [6.45, 7) is -0.263. The molecule has 1 aliphatic carbocycles. The van der Waals surface area contributed by atoms with E-state index >= 15 is 0 Å². The second-order valence-corrected chi connectivity index (χ2v) is 10.3. The summed E-state index contributed by atoms with van der Waals surface area (Å²) < 4.78 is 64.2. The van der Waals surface area contributed by atoms with E-state index in [2.05, 4.69) is 14.8 Å². The Morgan fingerprint density at radius 2 is 1.89 bits per heavy atom. The Kier molecular flexibility index (Phi) is 7.01. The number of aryl methyl sites for hydroxylation is 2. The molecule has 5 rings (SSSR count). The highest BCUT2D eigenvalue weighted by molar-refractivity contribution is 7.46. The van der Waals surface area contributed by atoms with Crippen molar-refractivity contribution in [3.8, 4) is 28.3 Å². The molecular formula is C25H24F3N4O5P. The first kappa shape index (κ1) is 26.3.